The van der Waals surface area contributed by atoms with Crippen LogP contribution in [0, 0.1) is 5.92 Å². The smallest absolute Gasteiger partial charge is 0.337 e. The van der Waals surface area contributed by atoms with Crippen LogP contribution in [0.15, 0.2) is 62.5 Å². The van der Waals surface area contributed by atoms with Crippen LogP contribution in [0.1, 0.15) is 57.8 Å². The molecule has 0 amide bonds. The molecule has 3 aromatic rings. The van der Waals surface area contributed by atoms with E-state index >= 15 is 0 Å². The fraction of sp³-hybridized carbons (Fsp3) is 0.379. The first-order valence-corrected chi connectivity index (χ1v) is 12.8. The molecule has 204 valence electrons. The highest BCUT2D eigenvalue weighted by Gasteiger charge is 2.35. The first kappa shape index (κ1) is 26.4. The Labute approximate surface area is 224 Å². The molecular formula is C29H30N2O8. The number of ether oxygens (including phenoxy) is 2. The van der Waals surface area contributed by atoms with Gasteiger partial charge in [-0.3, -0.25) is 19.3 Å². The maximum Gasteiger partial charge on any atom is 0.337 e. The van der Waals surface area contributed by atoms with Gasteiger partial charge in [0, 0.05) is 43.4 Å². The summed E-state index contributed by atoms with van der Waals surface area (Å²) in [5, 5.41) is 10.7. The van der Waals surface area contributed by atoms with Crippen LogP contribution in [-0.4, -0.2) is 53.8 Å². The van der Waals surface area contributed by atoms with Gasteiger partial charge in [0.15, 0.2) is 5.76 Å². The number of pyridine rings is 1. The third-order valence-electron chi connectivity index (χ3n) is 7.58. The average Bonchev–Trinajstić information content (AvgIpc) is 2.94. The number of carbonyl (C=O) groups excluding carboxylic acids is 2. The van der Waals surface area contributed by atoms with Crippen molar-refractivity contribution in [1.82, 2.24) is 9.47 Å². The van der Waals surface area contributed by atoms with Crippen LogP contribution in [-0.2, 0) is 27.4 Å². The molecule has 39 heavy (non-hydrogen) atoms. The van der Waals surface area contributed by atoms with Crippen molar-refractivity contribution in [2.45, 2.75) is 37.8 Å². The normalized spacial score (nSPS) is 19.1. The van der Waals surface area contributed by atoms with E-state index in [1.807, 2.05) is 10.6 Å². The number of fused-ring (bicyclic) bond motifs is 4. The lowest BCUT2D eigenvalue weighted by molar-refractivity contribution is -0.140. The molecule has 1 fully saturated rings. The quantitative estimate of drug-likeness (QED) is 0.455. The molecule has 1 aromatic carbocycles. The van der Waals surface area contributed by atoms with Crippen molar-refractivity contribution in [3.8, 4) is 5.75 Å². The molecule has 10 nitrogen and oxygen atoms in total. The predicted octanol–water partition coefficient (Wildman–Crippen LogP) is 2.61. The molecule has 2 bridgehead atoms. The number of rotatable bonds is 7. The second-order valence-electron chi connectivity index (χ2n) is 10.1. The fourth-order valence-electron chi connectivity index (χ4n) is 5.80. The topological polar surface area (TPSA) is 128 Å². The molecule has 1 saturated heterocycles. The van der Waals surface area contributed by atoms with E-state index in [0.717, 1.165) is 18.7 Å². The zero-order chi connectivity index (χ0) is 27.7. The van der Waals surface area contributed by atoms with Gasteiger partial charge in [0.2, 0.25) is 11.2 Å². The first-order chi connectivity index (χ1) is 18.8. The number of methoxy groups -OCH3 is 2. The van der Waals surface area contributed by atoms with Gasteiger partial charge in [-0.25, -0.2) is 4.79 Å². The van der Waals surface area contributed by atoms with Crippen LogP contribution in [0.3, 0.4) is 0 Å². The van der Waals surface area contributed by atoms with Crippen LogP contribution < -0.4 is 11.0 Å². The third kappa shape index (κ3) is 5.37. The molecule has 10 heteroatoms. The number of likely N-dealkylation sites (tertiary alicyclic amines) is 1. The zero-order valence-electron chi connectivity index (χ0n) is 21.8. The number of aromatic nitrogens is 1. The number of hydrogen-bond acceptors (Lipinski definition) is 9. The van der Waals surface area contributed by atoms with Gasteiger partial charge in [-0.15, -0.1) is 0 Å². The minimum atomic E-state index is -0.823. The van der Waals surface area contributed by atoms with E-state index in [-0.39, 0.29) is 23.7 Å². The monoisotopic (exact) mass is 534 g/mol. The molecule has 2 aromatic heterocycles. The lowest BCUT2D eigenvalue weighted by Crippen LogP contribution is -2.46. The van der Waals surface area contributed by atoms with E-state index < -0.39 is 29.0 Å². The van der Waals surface area contributed by atoms with E-state index in [9.17, 15) is 24.3 Å². The molecule has 1 N–H and O–H groups in total. The Morgan fingerprint density at radius 2 is 1.82 bits per heavy atom. The van der Waals surface area contributed by atoms with Crippen molar-refractivity contribution in [3.05, 3.63) is 97.4 Å². The van der Waals surface area contributed by atoms with E-state index in [2.05, 4.69) is 4.90 Å². The van der Waals surface area contributed by atoms with Crippen molar-refractivity contribution in [2.75, 3.05) is 27.3 Å². The Hall–Kier alpha value is -4.18. The molecule has 3 atom stereocenters. The summed E-state index contributed by atoms with van der Waals surface area (Å²) in [6, 6.07) is 13.0. The molecule has 2 aliphatic heterocycles. The molecule has 5 rings (SSSR count). The Morgan fingerprint density at radius 3 is 2.54 bits per heavy atom. The number of carbonyl (C=O) groups is 2. The van der Waals surface area contributed by atoms with Crippen LogP contribution in [0.25, 0.3) is 0 Å². The Kier molecular flexibility index (Phi) is 7.38. The summed E-state index contributed by atoms with van der Waals surface area (Å²) in [6.45, 7) is 2.41. The second-order valence-corrected chi connectivity index (χ2v) is 10.1. The number of benzene rings is 1. The summed E-state index contributed by atoms with van der Waals surface area (Å²) in [5.74, 6) is -1.66. The standard InChI is InChI=1S/C29H30N2O8/c1-37-26(34)12-22(18-6-8-19(9-7-18)29(36)38-2)28-27(35)24(32)11-21(39-28)16-30-13-17-10-20(15-30)23-4-3-5-25(33)31(23)14-17/h3-9,11,17,20,22,35H,10,12-16H2,1-2H3/t17-,20+,22?/m1/s1. The summed E-state index contributed by atoms with van der Waals surface area (Å²) >= 11 is 0. The van der Waals surface area contributed by atoms with E-state index in [1.54, 1.807) is 36.4 Å². The van der Waals surface area contributed by atoms with Crippen molar-refractivity contribution < 1.29 is 28.6 Å². The van der Waals surface area contributed by atoms with Crippen LogP contribution in [0.2, 0.25) is 0 Å². The van der Waals surface area contributed by atoms with Gasteiger partial charge in [-0.1, -0.05) is 18.2 Å². The number of piperidine rings is 1. The van der Waals surface area contributed by atoms with E-state index in [0.29, 0.717) is 42.4 Å². The minimum Gasteiger partial charge on any atom is -0.502 e. The lowest BCUT2D eigenvalue weighted by Gasteiger charge is -2.42. The summed E-state index contributed by atoms with van der Waals surface area (Å²) in [4.78, 5) is 51.5. The van der Waals surface area contributed by atoms with Gasteiger partial charge in [0.05, 0.1) is 38.7 Å². The Bertz CT molecular complexity index is 1510. The van der Waals surface area contributed by atoms with Crippen molar-refractivity contribution in [3.63, 3.8) is 0 Å². The second kappa shape index (κ2) is 10.9. The molecule has 0 spiro atoms. The SMILES string of the molecule is COC(=O)CC(c1ccc(C(=O)OC)cc1)c1oc(CN2C[C@H]3C[C@@H](C2)c2cccc(=O)n2C3)cc(=O)c1O. The summed E-state index contributed by atoms with van der Waals surface area (Å²) in [6.07, 6.45) is 0.806. The predicted molar refractivity (Wildman–Crippen MR) is 140 cm³/mol. The van der Waals surface area contributed by atoms with Gasteiger partial charge in [0.1, 0.15) is 5.76 Å². The van der Waals surface area contributed by atoms with Crippen LogP contribution >= 0.6 is 0 Å². The van der Waals surface area contributed by atoms with Gasteiger partial charge in [-0.05, 0) is 36.1 Å². The number of hydrogen-bond donors (Lipinski definition) is 1. The highest BCUT2D eigenvalue weighted by Crippen LogP contribution is 2.37. The summed E-state index contributed by atoms with van der Waals surface area (Å²) < 4.78 is 17.6. The largest absolute Gasteiger partial charge is 0.502 e. The molecule has 0 saturated carbocycles. The molecule has 2 aliphatic rings. The maximum absolute atomic E-state index is 12.8. The number of esters is 2. The maximum atomic E-state index is 12.8. The molecular weight excluding hydrogens is 504 g/mol. The van der Waals surface area contributed by atoms with E-state index in [4.69, 9.17) is 13.9 Å². The van der Waals surface area contributed by atoms with E-state index in [1.165, 1.54) is 20.3 Å². The number of nitrogens with zero attached hydrogens (tertiary/aromatic N) is 2. The van der Waals surface area contributed by atoms with Gasteiger partial charge >= 0.3 is 11.9 Å². The Balaban J connectivity index is 1.44. The lowest BCUT2D eigenvalue weighted by atomic mass is 9.83. The molecule has 0 aliphatic carbocycles. The zero-order valence-corrected chi connectivity index (χ0v) is 21.8. The molecule has 4 heterocycles. The molecule has 1 unspecified atom stereocenters. The first-order valence-electron chi connectivity index (χ1n) is 12.8. The Morgan fingerprint density at radius 1 is 1.05 bits per heavy atom. The minimum absolute atomic E-state index is 0.0149. The van der Waals surface area contributed by atoms with Crippen molar-refractivity contribution in [1.29, 1.82) is 0 Å². The van der Waals surface area contributed by atoms with Gasteiger partial charge < -0.3 is 23.6 Å². The van der Waals surface area contributed by atoms with Crippen molar-refractivity contribution in [2.24, 2.45) is 5.92 Å². The highest BCUT2D eigenvalue weighted by atomic mass is 16.5. The average molecular weight is 535 g/mol. The summed E-state index contributed by atoms with van der Waals surface area (Å²) in [5.41, 5.74) is 1.29. The van der Waals surface area contributed by atoms with Gasteiger partial charge in [-0.2, -0.15) is 0 Å². The number of aromatic hydroxyl groups is 1. The fourth-order valence-corrected chi connectivity index (χ4v) is 5.80. The summed E-state index contributed by atoms with van der Waals surface area (Å²) in [7, 11) is 2.54. The highest BCUT2D eigenvalue weighted by molar-refractivity contribution is 5.89. The van der Waals surface area contributed by atoms with Crippen molar-refractivity contribution >= 4 is 11.9 Å². The molecule has 0 radical (unpaired) electrons. The van der Waals surface area contributed by atoms with Gasteiger partial charge in [0.25, 0.3) is 5.56 Å². The van der Waals surface area contributed by atoms with Crippen LogP contribution in [0.5, 0.6) is 5.75 Å². The van der Waals surface area contributed by atoms with Crippen LogP contribution in [0.4, 0.5) is 0 Å². The third-order valence-corrected chi connectivity index (χ3v) is 7.58.